The summed E-state index contributed by atoms with van der Waals surface area (Å²) in [5.74, 6) is -0.130. The largest absolute Gasteiger partial charge is 0.452 e. The van der Waals surface area contributed by atoms with Gasteiger partial charge in [0, 0.05) is 17.3 Å². The quantitative estimate of drug-likeness (QED) is 0.496. The molecule has 1 aliphatic rings. The Morgan fingerprint density at radius 1 is 1.16 bits per heavy atom. The van der Waals surface area contributed by atoms with Crippen LogP contribution < -0.4 is 5.32 Å². The summed E-state index contributed by atoms with van der Waals surface area (Å²) in [6, 6.07) is 7.78. The molecule has 0 aliphatic heterocycles. The number of anilines is 1. The third kappa shape index (κ3) is 4.38. The number of benzene rings is 1. The van der Waals surface area contributed by atoms with Crippen LogP contribution >= 0.6 is 0 Å². The predicted molar refractivity (Wildman–Crippen MR) is 122 cm³/mol. The number of carbonyl (C=O) groups is 2. The van der Waals surface area contributed by atoms with Crippen LogP contribution in [0.25, 0.3) is 11.1 Å². The smallest absolute Gasteiger partial charge is 0.339 e. The minimum Gasteiger partial charge on any atom is -0.452 e. The molecule has 1 N–H and O–H groups in total. The van der Waals surface area contributed by atoms with E-state index in [1.165, 1.54) is 0 Å². The Morgan fingerprint density at radius 3 is 2.41 bits per heavy atom. The molecule has 4 rings (SSSR count). The molecule has 7 heteroatoms. The van der Waals surface area contributed by atoms with E-state index >= 15 is 0 Å². The number of carbonyl (C=O) groups excluding carboxylic acids is 2. The van der Waals surface area contributed by atoms with Crippen molar-refractivity contribution in [3.8, 4) is 0 Å². The Bertz CT molecular complexity index is 1150. The fraction of sp³-hybridized carbons (Fsp3) is 0.440. The maximum absolute atomic E-state index is 12.9. The second-order valence-electron chi connectivity index (χ2n) is 9.06. The second kappa shape index (κ2) is 8.73. The fourth-order valence-corrected chi connectivity index (χ4v) is 3.94. The van der Waals surface area contributed by atoms with Crippen molar-refractivity contribution in [1.29, 1.82) is 0 Å². The molecule has 168 valence electrons. The number of fused-ring (bicyclic) bond motifs is 1. The molecule has 0 saturated heterocycles. The first-order valence-corrected chi connectivity index (χ1v) is 11.1. The lowest BCUT2D eigenvalue weighted by molar-refractivity contribution is -0.119. The standard InChI is InChI=1S/C25H29N3O4/c1-13(2)17-7-6-8-18(14(3)4)23(17)27-21(29)12-31-25(30)19-11-20(16-9-10-16)26-24-22(19)15(5)28-32-24/h6-8,11,13-14,16H,9-10,12H2,1-5H3,(H,27,29). The number of amides is 1. The number of esters is 1. The molecule has 1 aliphatic carbocycles. The van der Waals surface area contributed by atoms with E-state index < -0.39 is 5.97 Å². The summed E-state index contributed by atoms with van der Waals surface area (Å²) in [6.45, 7) is 9.72. The van der Waals surface area contributed by atoms with E-state index in [0.29, 0.717) is 28.3 Å². The summed E-state index contributed by atoms with van der Waals surface area (Å²) in [4.78, 5) is 30.1. The van der Waals surface area contributed by atoms with Gasteiger partial charge in [0.1, 0.15) is 0 Å². The Balaban J connectivity index is 1.52. The highest BCUT2D eigenvalue weighted by Crippen LogP contribution is 2.40. The first-order valence-electron chi connectivity index (χ1n) is 11.1. The third-order valence-corrected chi connectivity index (χ3v) is 5.82. The number of pyridine rings is 1. The van der Waals surface area contributed by atoms with Crippen LogP contribution in [0.4, 0.5) is 5.69 Å². The van der Waals surface area contributed by atoms with Gasteiger partial charge in [-0.3, -0.25) is 4.79 Å². The monoisotopic (exact) mass is 435 g/mol. The van der Waals surface area contributed by atoms with Crippen LogP contribution in [-0.4, -0.2) is 28.6 Å². The van der Waals surface area contributed by atoms with Gasteiger partial charge in [0.2, 0.25) is 0 Å². The van der Waals surface area contributed by atoms with Crippen molar-refractivity contribution >= 4 is 28.7 Å². The zero-order valence-corrected chi connectivity index (χ0v) is 19.2. The molecule has 1 fully saturated rings. The van der Waals surface area contributed by atoms with E-state index in [1.54, 1.807) is 13.0 Å². The van der Waals surface area contributed by atoms with Crippen LogP contribution in [0.1, 0.15) is 91.2 Å². The summed E-state index contributed by atoms with van der Waals surface area (Å²) in [5, 5.41) is 7.45. The van der Waals surface area contributed by atoms with Crippen LogP contribution in [0, 0.1) is 6.92 Å². The van der Waals surface area contributed by atoms with E-state index in [2.05, 4.69) is 43.2 Å². The first-order chi connectivity index (χ1) is 15.3. The van der Waals surface area contributed by atoms with Gasteiger partial charge in [-0.15, -0.1) is 0 Å². The summed E-state index contributed by atoms with van der Waals surface area (Å²) in [7, 11) is 0. The molecule has 1 amide bonds. The number of nitrogens with one attached hydrogen (secondary N) is 1. The number of para-hydroxylation sites is 1. The van der Waals surface area contributed by atoms with Gasteiger partial charge in [0.05, 0.1) is 16.6 Å². The van der Waals surface area contributed by atoms with Crippen LogP contribution in [0.3, 0.4) is 0 Å². The van der Waals surface area contributed by atoms with E-state index in [9.17, 15) is 9.59 Å². The SMILES string of the molecule is Cc1noc2nc(C3CC3)cc(C(=O)OCC(=O)Nc3c(C(C)C)cccc3C(C)C)c12. The van der Waals surface area contributed by atoms with Gasteiger partial charge < -0.3 is 14.6 Å². The molecular formula is C25H29N3O4. The molecule has 0 radical (unpaired) electrons. The lowest BCUT2D eigenvalue weighted by Gasteiger charge is -2.20. The Hall–Kier alpha value is -3.22. The molecule has 2 heterocycles. The van der Waals surface area contributed by atoms with Crippen LogP contribution in [-0.2, 0) is 9.53 Å². The van der Waals surface area contributed by atoms with Gasteiger partial charge in [0.25, 0.3) is 11.6 Å². The summed E-state index contributed by atoms with van der Waals surface area (Å²) in [5.41, 5.74) is 4.96. The summed E-state index contributed by atoms with van der Waals surface area (Å²) in [6.07, 6.45) is 2.08. The molecule has 0 atom stereocenters. The number of hydrogen-bond donors (Lipinski definition) is 1. The number of aryl methyl sites for hydroxylation is 1. The average molecular weight is 436 g/mol. The first kappa shape index (κ1) is 22.0. The lowest BCUT2D eigenvalue weighted by Crippen LogP contribution is -2.23. The van der Waals surface area contributed by atoms with E-state index in [1.807, 2.05) is 18.2 Å². The zero-order chi connectivity index (χ0) is 23.0. The number of ether oxygens (including phenoxy) is 1. The van der Waals surface area contributed by atoms with Gasteiger partial charge in [-0.25, -0.2) is 9.78 Å². The molecular weight excluding hydrogens is 406 g/mol. The van der Waals surface area contributed by atoms with Gasteiger partial charge in [-0.05, 0) is 48.8 Å². The Labute approximate surface area is 187 Å². The van der Waals surface area contributed by atoms with Crippen molar-refractivity contribution in [3.63, 3.8) is 0 Å². The van der Waals surface area contributed by atoms with Crippen molar-refractivity contribution in [2.75, 3.05) is 11.9 Å². The second-order valence-corrected chi connectivity index (χ2v) is 9.06. The maximum atomic E-state index is 12.9. The maximum Gasteiger partial charge on any atom is 0.339 e. The van der Waals surface area contributed by atoms with Crippen molar-refractivity contribution in [2.24, 2.45) is 0 Å². The van der Waals surface area contributed by atoms with Crippen molar-refractivity contribution in [2.45, 2.75) is 65.2 Å². The summed E-state index contributed by atoms with van der Waals surface area (Å²) < 4.78 is 10.7. The molecule has 0 bridgehead atoms. The van der Waals surface area contributed by atoms with Gasteiger partial charge in [0.15, 0.2) is 6.61 Å². The van der Waals surface area contributed by atoms with Gasteiger partial charge in [-0.1, -0.05) is 51.1 Å². The van der Waals surface area contributed by atoms with Crippen LogP contribution in [0.15, 0.2) is 28.8 Å². The number of nitrogens with zero attached hydrogens (tertiary/aromatic N) is 2. The molecule has 1 saturated carbocycles. The van der Waals surface area contributed by atoms with Crippen molar-refractivity contribution in [3.05, 3.63) is 52.3 Å². The molecule has 2 aromatic heterocycles. The van der Waals surface area contributed by atoms with Crippen LogP contribution in [0.5, 0.6) is 0 Å². The average Bonchev–Trinajstić information content (AvgIpc) is 3.54. The number of aromatic nitrogens is 2. The molecule has 32 heavy (non-hydrogen) atoms. The molecule has 3 aromatic rings. The Morgan fingerprint density at radius 2 is 1.81 bits per heavy atom. The van der Waals surface area contributed by atoms with Gasteiger partial charge >= 0.3 is 5.97 Å². The van der Waals surface area contributed by atoms with E-state index in [4.69, 9.17) is 9.26 Å². The molecule has 0 unspecified atom stereocenters. The Kier molecular flexibility index (Phi) is 6.00. The summed E-state index contributed by atoms with van der Waals surface area (Å²) >= 11 is 0. The molecule has 1 aromatic carbocycles. The third-order valence-electron chi connectivity index (χ3n) is 5.82. The van der Waals surface area contributed by atoms with Crippen molar-refractivity contribution < 1.29 is 18.8 Å². The van der Waals surface area contributed by atoms with Crippen molar-refractivity contribution in [1.82, 2.24) is 10.1 Å². The number of hydrogen-bond acceptors (Lipinski definition) is 6. The molecule has 7 nitrogen and oxygen atoms in total. The van der Waals surface area contributed by atoms with E-state index in [-0.39, 0.29) is 24.3 Å². The highest BCUT2D eigenvalue weighted by atomic mass is 16.5. The topological polar surface area (TPSA) is 94.3 Å². The van der Waals surface area contributed by atoms with Gasteiger partial charge in [-0.2, -0.15) is 0 Å². The minimum atomic E-state index is -0.582. The molecule has 0 spiro atoms. The lowest BCUT2D eigenvalue weighted by atomic mass is 9.92. The normalized spacial score (nSPS) is 13.7. The van der Waals surface area contributed by atoms with Crippen LogP contribution in [0.2, 0.25) is 0 Å². The highest BCUT2D eigenvalue weighted by molar-refractivity contribution is 6.04. The minimum absolute atomic E-state index is 0.245. The highest BCUT2D eigenvalue weighted by Gasteiger charge is 2.29. The number of rotatable bonds is 7. The zero-order valence-electron chi connectivity index (χ0n) is 19.2. The van der Waals surface area contributed by atoms with E-state index in [0.717, 1.165) is 35.3 Å². The predicted octanol–water partition coefficient (Wildman–Crippen LogP) is 5.45. The fourth-order valence-electron chi connectivity index (χ4n) is 3.94.